The molecule has 0 radical (unpaired) electrons. The highest BCUT2D eigenvalue weighted by atomic mass is 35.5. The monoisotopic (exact) mass is 406 g/mol. The molecule has 0 fully saturated rings. The van der Waals surface area contributed by atoms with Crippen LogP contribution >= 0.6 is 22.9 Å². The van der Waals surface area contributed by atoms with Crippen molar-refractivity contribution in [1.82, 2.24) is 0 Å². The van der Waals surface area contributed by atoms with E-state index in [1.54, 1.807) is 60.7 Å². The van der Waals surface area contributed by atoms with Crippen LogP contribution in [0, 0.1) is 6.92 Å². The molecule has 0 saturated carbocycles. The molecule has 2 aromatic carbocycles. The number of anilines is 2. The Labute approximate surface area is 160 Å². The zero-order valence-electron chi connectivity index (χ0n) is 13.7. The molecule has 1 aromatic heterocycles. The molecule has 0 unspecified atom stereocenters. The smallest absolute Gasteiger partial charge is 0.271 e. The van der Waals surface area contributed by atoms with Crippen LogP contribution in [0.1, 0.15) is 15.2 Å². The third kappa shape index (κ3) is 4.24. The van der Waals surface area contributed by atoms with Gasteiger partial charge in [-0.1, -0.05) is 23.7 Å². The Balaban J connectivity index is 1.86. The fourth-order valence-electron chi connectivity index (χ4n) is 2.25. The first-order valence-corrected chi connectivity index (χ1v) is 10.3. The van der Waals surface area contributed by atoms with Gasteiger partial charge in [0.15, 0.2) is 0 Å². The molecule has 26 heavy (non-hydrogen) atoms. The molecule has 0 spiro atoms. The fourth-order valence-corrected chi connectivity index (χ4v) is 4.74. The lowest BCUT2D eigenvalue weighted by Crippen LogP contribution is -2.18. The third-order valence-corrected chi connectivity index (χ3v) is 6.61. The molecule has 0 bridgehead atoms. The topological polar surface area (TPSA) is 75.3 Å². The molecule has 0 aliphatic carbocycles. The Morgan fingerprint density at radius 2 is 1.69 bits per heavy atom. The van der Waals surface area contributed by atoms with Crippen LogP contribution in [0.4, 0.5) is 11.4 Å². The minimum Gasteiger partial charge on any atom is -0.322 e. The molecule has 0 aliphatic heterocycles. The van der Waals surface area contributed by atoms with Crippen molar-refractivity contribution in [2.45, 2.75) is 11.1 Å². The number of hydrogen-bond acceptors (Lipinski definition) is 4. The van der Waals surface area contributed by atoms with Gasteiger partial charge < -0.3 is 5.32 Å². The van der Waals surface area contributed by atoms with Crippen LogP contribution < -0.4 is 10.0 Å². The summed E-state index contributed by atoms with van der Waals surface area (Å²) in [5, 5.41) is 3.28. The number of carbonyl (C=O) groups is 1. The molecule has 5 nitrogen and oxygen atoms in total. The summed E-state index contributed by atoms with van der Waals surface area (Å²) in [5.41, 5.74) is 0.996. The molecule has 1 heterocycles. The molecular weight excluding hydrogens is 392 g/mol. The zero-order valence-corrected chi connectivity index (χ0v) is 16.1. The summed E-state index contributed by atoms with van der Waals surface area (Å²) in [4.78, 5) is 13.5. The first-order chi connectivity index (χ1) is 12.3. The van der Waals surface area contributed by atoms with E-state index in [0.29, 0.717) is 10.7 Å². The number of thiophene rings is 1. The van der Waals surface area contributed by atoms with E-state index in [1.807, 2.05) is 6.92 Å². The van der Waals surface area contributed by atoms with E-state index in [2.05, 4.69) is 10.0 Å². The number of carbonyl (C=O) groups excluding carboxylic acids is 1. The summed E-state index contributed by atoms with van der Waals surface area (Å²) >= 11 is 7.00. The van der Waals surface area contributed by atoms with Crippen LogP contribution in [0.2, 0.25) is 5.02 Å². The van der Waals surface area contributed by atoms with Gasteiger partial charge in [-0.15, -0.1) is 11.3 Å². The molecule has 0 saturated heterocycles. The van der Waals surface area contributed by atoms with Gasteiger partial charge in [0, 0.05) is 15.6 Å². The van der Waals surface area contributed by atoms with Crippen molar-refractivity contribution in [3.8, 4) is 0 Å². The van der Waals surface area contributed by atoms with E-state index in [-0.39, 0.29) is 15.5 Å². The summed E-state index contributed by atoms with van der Waals surface area (Å²) in [7, 11) is -3.76. The SMILES string of the molecule is Cc1ccc(S(=O)(=O)Nc2ccccc2C(=O)Nc2ccc(Cl)cc2)s1. The molecule has 3 rings (SSSR count). The quantitative estimate of drug-likeness (QED) is 0.641. The summed E-state index contributed by atoms with van der Waals surface area (Å²) in [5.74, 6) is -0.423. The normalized spacial score (nSPS) is 11.2. The maximum atomic E-state index is 12.6. The van der Waals surface area contributed by atoms with E-state index in [9.17, 15) is 13.2 Å². The number of para-hydroxylation sites is 1. The second-order valence-electron chi connectivity index (χ2n) is 5.48. The van der Waals surface area contributed by atoms with Gasteiger partial charge in [-0.3, -0.25) is 9.52 Å². The van der Waals surface area contributed by atoms with Gasteiger partial charge in [0.2, 0.25) is 0 Å². The van der Waals surface area contributed by atoms with Crippen molar-refractivity contribution in [3.05, 3.63) is 76.1 Å². The first kappa shape index (κ1) is 18.4. The number of amides is 1. The van der Waals surface area contributed by atoms with Crippen molar-refractivity contribution in [3.63, 3.8) is 0 Å². The summed E-state index contributed by atoms with van der Waals surface area (Å²) in [6, 6.07) is 16.4. The standard InChI is InChI=1S/C18H15ClN2O3S2/c1-12-6-11-17(25-12)26(23,24)21-16-5-3-2-4-15(16)18(22)20-14-9-7-13(19)8-10-14/h2-11,21H,1H3,(H,20,22). The lowest BCUT2D eigenvalue weighted by molar-refractivity contribution is 0.102. The molecular formula is C18H15ClN2O3S2. The summed E-state index contributed by atoms with van der Waals surface area (Å²) in [6.45, 7) is 1.83. The van der Waals surface area contributed by atoms with E-state index in [4.69, 9.17) is 11.6 Å². The minimum absolute atomic E-state index is 0.197. The number of sulfonamides is 1. The number of nitrogens with one attached hydrogen (secondary N) is 2. The van der Waals surface area contributed by atoms with E-state index >= 15 is 0 Å². The Kier molecular flexibility index (Phi) is 5.31. The van der Waals surface area contributed by atoms with Gasteiger partial charge in [-0.25, -0.2) is 8.42 Å². The van der Waals surface area contributed by atoms with E-state index in [0.717, 1.165) is 4.88 Å². The fraction of sp³-hybridized carbons (Fsp3) is 0.0556. The van der Waals surface area contributed by atoms with E-state index < -0.39 is 15.9 Å². The zero-order chi connectivity index (χ0) is 18.7. The van der Waals surface area contributed by atoms with Gasteiger partial charge >= 0.3 is 0 Å². The van der Waals surface area contributed by atoms with Crippen molar-refractivity contribution in [2.24, 2.45) is 0 Å². The average Bonchev–Trinajstić information content (AvgIpc) is 3.04. The summed E-state index contributed by atoms with van der Waals surface area (Å²) in [6.07, 6.45) is 0. The molecule has 0 aliphatic rings. The number of benzene rings is 2. The molecule has 0 atom stereocenters. The van der Waals surface area contributed by atoms with Gasteiger partial charge in [-0.05, 0) is 55.5 Å². The Morgan fingerprint density at radius 1 is 1.00 bits per heavy atom. The number of rotatable bonds is 5. The van der Waals surface area contributed by atoms with Gasteiger partial charge in [0.05, 0.1) is 11.3 Å². The molecule has 1 amide bonds. The largest absolute Gasteiger partial charge is 0.322 e. The molecule has 3 aromatic rings. The predicted molar refractivity (Wildman–Crippen MR) is 106 cm³/mol. The van der Waals surface area contributed by atoms with Gasteiger partial charge in [0.25, 0.3) is 15.9 Å². The van der Waals surface area contributed by atoms with Crippen LogP contribution in [0.15, 0.2) is 64.9 Å². The highest BCUT2D eigenvalue weighted by Gasteiger charge is 2.20. The molecule has 2 N–H and O–H groups in total. The highest BCUT2D eigenvalue weighted by molar-refractivity contribution is 7.94. The average molecular weight is 407 g/mol. The maximum absolute atomic E-state index is 12.6. The maximum Gasteiger partial charge on any atom is 0.271 e. The second kappa shape index (κ2) is 7.49. The van der Waals surface area contributed by atoms with Crippen LogP contribution in [-0.4, -0.2) is 14.3 Å². The minimum atomic E-state index is -3.76. The van der Waals surface area contributed by atoms with Crippen molar-refractivity contribution in [1.29, 1.82) is 0 Å². The molecule has 8 heteroatoms. The Bertz CT molecular complexity index is 1040. The van der Waals surface area contributed by atoms with Crippen molar-refractivity contribution in [2.75, 3.05) is 10.0 Å². The summed E-state index contributed by atoms with van der Waals surface area (Å²) < 4.78 is 27.8. The lowest BCUT2D eigenvalue weighted by atomic mass is 10.1. The van der Waals surface area contributed by atoms with Gasteiger partial charge in [0.1, 0.15) is 4.21 Å². The van der Waals surface area contributed by atoms with Crippen molar-refractivity contribution < 1.29 is 13.2 Å². The number of halogens is 1. The first-order valence-electron chi connectivity index (χ1n) is 7.60. The van der Waals surface area contributed by atoms with Crippen LogP contribution in [0.25, 0.3) is 0 Å². The number of aryl methyl sites for hydroxylation is 1. The van der Waals surface area contributed by atoms with Crippen molar-refractivity contribution >= 4 is 50.2 Å². The molecule has 134 valence electrons. The van der Waals surface area contributed by atoms with Gasteiger partial charge in [-0.2, -0.15) is 0 Å². The second-order valence-corrected chi connectivity index (χ2v) is 9.11. The van der Waals surface area contributed by atoms with E-state index in [1.165, 1.54) is 11.3 Å². The van der Waals surface area contributed by atoms with Crippen LogP contribution in [0.5, 0.6) is 0 Å². The van der Waals surface area contributed by atoms with Crippen LogP contribution in [0.3, 0.4) is 0 Å². The lowest BCUT2D eigenvalue weighted by Gasteiger charge is -2.12. The Morgan fingerprint density at radius 3 is 2.35 bits per heavy atom. The Hall–Kier alpha value is -2.35. The van der Waals surface area contributed by atoms with Crippen LogP contribution in [-0.2, 0) is 10.0 Å². The number of hydrogen-bond donors (Lipinski definition) is 2. The predicted octanol–water partition coefficient (Wildman–Crippen LogP) is 4.76. The third-order valence-electron chi connectivity index (χ3n) is 3.50. The highest BCUT2D eigenvalue weighted by Crippen LogP contribution is 2.25.